The molecule has 0 spiro atoms. The molecule has 13 heavy (non-hydrogen) atoms. The van der Waals surface area contributed by atoms with Crippen molar-refractivity contribution >= 4 is 0 Å². The Morgan fingerprint density at radius 1 is 1.08 bits per heavy atom. The second kappa shape index (κ2) is 3.27. The Hall–Kier alpha value is -1.83. The highest BCUT2D eigenvalue weighted by Gasteiger charge is 1.95. The summed E-state index contributed by atoms with van der Waals surface area (Å²) >= 11 is 0. The van der Waals surface area contributed by atoms with Gasteiger partial charge in [0.15, 0.2) is 0 Å². The van der Waals surface area contributed by atoms with Crippen molar-refractivity contribution in [2.75, 3.05) is 0 Å². The number of hydrogen-bond donors (Lipinski definition) is 1. The number of aromatic nitrogens is 1. The largest absolute Gasteiger partial charge is 0.321 e. The number of H-pyrrole nitrogens is 1. The average Bonchev–Trinajstić information content (AvgIpc) is 2.19. The number of nitrogens with one attached hydrogen (secondary N) is 1. The van der Waals surface area contributed by atoms with Gasteiger partial charge in [-0.3, -0.25) is 4.79 Å². The van der Waals surface area contributed by atoms with Crippen molar-refractivity contribution in [3.8, 4) is 11.3 Å². The van der Waals surface area contributed by atoms with Crippen LogP contribution >= 0.6 is 0 Å². The lowest BCUT2D eigenvalue weighted by molar-refractivity contribution is 1.24. The molecule has 1 aromatic heterocycles. The topological polar surface area (TPSA) is 32.9 Å². The molecule has 0 amide bonds. The summed E-state index contributed by atoms with van der Waals surface area (Å²) in [6.45, 7) is 0. The van der Waals surface area contributed by atoms with E-state index in [9.17, 15) is 4.79 Å². The standard InChI is InChI=1S/C11H8NO/c13-11-8-4-7-10(12-11)9-5-2-1-3-6-9/h1-7H,(H,12,13). The minimum atomic E-state index is -0.193. The van der Waals surface area contributed by atoms with E-state index in [1.165, 1.54) is 0 Å². The number of aromatic amines is 1. The van der Waals surface area contributed by atoms with Crippen LogP contribution in [0.25, 0.3) is 11.3 Å². The predicted molar refractivity (Wildman–Crippen MR) is 51.3 cm³/mol. The molecular formula is C11H8NO. The fourth-order valence-electron chi connectivity index (χ4n) is 1.19. The van der Waals surface area contributed by atoms with Gasteiger partial charge >= 0.3 is 0 Å². The third-order valence-electron chi connectivity index (χ3n) is 1.80. The Morgan fingerprint density at radius 3 is 2.54 bits per heavy atom. The summed E-state index contributed by atoms with van der Waals surface area (Å²) < 4.78 is 0. The average molecular weight is 170 g/mol. The smallest absolute Gasteiger partial charge is 0.256 e. The van der Waals surface area contributed by atoms with Crippen LogP contribution in [0.2, 0.25) is 0 Å². The van der Waals surface area contributed by atoms with Gasteiger partial charge in [-0.2, -0.15) is 0 Å². The zero-order chi connectivity index (χ0) is 9.10. The first-order chi connectivity index (χ1) is 6.36. The van der Waals surface area contributed by atoms with E-state index in [-0.39, 0.29) is 5.56 Å². The van der Waals surface area contributed by atoms with Crippen LogP contribution in [0.4, 0.5) is 0 Å². The molecule has 2 aromatic rings. The van der Waals surface area contributed by atoms with Crippen molar-refractivity contribution in [2.45, 2.75) is 0 Å². The third kappa shape index (κ3) is 1.67. The van der Waals surface area contributed by atoms with Crippen molar-refractivity contribution in [3.05, 3.63) is 58.9 Å². The summed E-state index contributed by atoms with van der Waals surface area (Å²) in [5.41, 5.74) is 1.64. The predicted octanol–water partition coefficient (Wildman–Crippen LogP) is 1.84. The van der Waals surface area contributed by atoms with Gasteiger partial charge in [-0.25, -0.2) is 0 Å². The summed E-state index contributed by atoms with van der Waals surface area (Å²) in [6, 6.07) is 15.7. The zero-order valence-electron chi connectivity index (χ0n) is 6.95. The first kappa shape index (κ1) is 7.80. The van der Waals surface area contributed by atoms with Crippen molar-refractivity contribution in [2.24, 2.45) is 0 Å². The van der Waals surface area contributed by atoms with Crippen molar-refractivity contribution < 1.29 is 0 Å². The van der Waals surface area contributed by atoms with Crippen LogP contribution in [0.15, 0.2) is 47.3 Å². The molecule has 2 nitrogen and oxygen atoms in total. The second-order valence-electron chi connectivity index (χ2n) is 2.71. The summed E-state index contributed by atoms with van der Waals surface area (Å²) in [5.74, 6) is 0. The highest BCUT2D eigenvalue weighted by atomic mass is 16.1. The van der Waals surface area contributed by atoms with Crippen LogP contribution in [0, 0.1) is 6.07 Å². The second-order valence-corrected chi connectivity index (χ2v) is 2.71. The number of pyridine rings is 1. The summed E-state index contributed by atoms with van der Waals surface area (Å²) in [6.07, 6.45) is 0. The molecule has 0 bridgehead atoms. The van der Waals surface area contributed by atoms with Crippen LogP contribution in [0.1, 0.15) is 0 Å². The van der Waals surface area contributed by atoms with E-state index in [0.717, 1.165) is 11.3 Å². The molecule has 0 unspecified atom stereocenters. The van der Waals surface area contributed by atoms with E-state index >= 15 is 0 Å². The maximum Gasteiger partial charge on any atom is 0.256 e. The van der Waals surface area contributed by atoms with Gasteiger partial charge < -0.3 is 4.98 Å². The van der Waals surface area contributed by atoms with E-state index in [0.29, 0.717) is 0 Å². The molecule has 0 saturated heterocycles. The lowest BCUT2D eigenvalue weighted by Crippen LogP contribution is -2.03. The summed E-state index contributed by atoms with van der Waals surface area (Å²) in [5, 5.41) is 0. The SMILES string of the molecule is O=c1[c]ccc(-c2ccccc2)[nH]1. The summed E-state index contributed by atoms with van der Waals surface area (Å²) in [4.78, 5) is 13.7. The normalized spacial score (nSPS) is 9.85. The quantitative estimate of drug-likeness (QED) is 0.696. The molecule has 2 rings (SSSR count). The van der Waals surface area contributed by atoms with Gasteiger partial charge in [0, 0.05) is 5.69 Å². The number of benzene rings is 1. The van der Waals surface area contributed by atoms with Crippen LogP contribution in [-0.2, 0) is 0 Å². The van der Waals surface area contributed by atoms with Gasteiger partial charge in [-0.1, -0.05) is 30.3 Å². The zero-order valence-corrected chi connectivity index (χ0v) is 6.95. The number of hydrogen-bond acceptors (Lipinski definition) is 1. The molecule has 2 heteroatoms. The molecule has 0 aliphatic rings. The monoisotopic (exact) mass is 170 g/mol. The Labute approximate surface area is 75.9 Å². The Morgan fingerprint density at radius 2 is 1.85 bits per heavy atom. The van der Waals surface area contributed by atoms with Crippen LogP contribution in [0.3, 0.4) is 0 Å². The maximum atomic E-state index is 11.0. The molecule has 1 aromatic carbocycles. The van der Waals surface area contributed by atoms with E-state index in [2.05, 4.69) is 11.1 Å². The molecule has 0 aliphatic heterocycles. The van der Waals surface area contributed by atoms with Crippen LogP contribution < -0.4 is 5.56 Å². The minimum absolute atomic E-state index is 0.193. The lowest BCUT2D eigenvalue weighted by atomic mass is 10.1. The maximum absolute atomic E-state index is 11.0. The molecule has 1 N–H and O–H groups in total. The van der Waals surface area contributed by atoms with Crippen molar-refractivity contribution in [1.82, 2.24) is 4.98 Å². The molecule has 0 saturated carbocycles. The Balaban J connectivity index is 2.54. The fraction of sp³-hybridized carbons (Fsp3) is 0. The van der Waals surface area contributed by atoms with E-state index in [4.69, 9.17) is 0 Å². The van der Waals surface area contributed by atoms with E-state index in [1.807, 2.05) is 36.4 Å². The fourth-order valence-corrected chi connectivity index (χ4v) is 1.19. The highest BCUT2D eigenvalue weighted by Crippen LogP contribution is 2.13. The molecular weight excluding hydrogens is 162 g/mol. The highest BCUT2D eigenvalue weighted by molar-refractivity contribution is 5.58. The van der Waals surface area contributed by atoms with Gasteiger partial charge in [0.25, 0.3) is 5.56 Å². The molecule has 1 radical (unpaired) electrons. The van der Waals surface area contributed by atoms with Gasteiger partial charge in [0.05, 0.1) is 6.07 Å². The van der Waals surface area contributed by atoms with E-state index in [1.54, 1.807) is 6.07 Å². The van der Waals surface area contributed by atoms with Gasteiger partial charge in [-0.15, -0.1) is 0 Å². The van der Waals surface area contributed by atoms with Crippen LogP contribution in [0.5, 0.6) is 0 Å². The first-order valence-electron chi connectivity index (χ1n) is 4.03. The summed E-state index contributed by atoms with van der Waals surface area (Å²) in [7, 11) is 0. The van der Waals surface area contributed by atoms with Crippen molar-refractivity contribution in [3.63, 3.8) is 0 Å². The number of rotatable bonds is 1. The molecule has 0 atom stereocenters. The van der Waals surface area contributed by atoms with Gasteiger partial charge in [0.1, 0.15) is 0 Å². The van der Waals surface area contributed by atoms with Gasteiger partial charge in [0.2, 0.25) is 0 Å². The Bertz CT molecular complexity index is 445. The molecule has 1 heterocycles. The first-order valence-corrected chi connectivity index (χ1v) is 4.03. The molecule has 63 valence electrons. The third-order valence-corrected chi connectivity index (χ3v) is 1.80. The van der Waals surface area contributed by atoms with Gasteiger partial charge in [-0.05, 0) is 17.7 Å². The Kier molecular flexibility index (Phi) is 1.96. The molecule has 0 fully saturated rings. The van der Waals surface area contributed by atoms with Crippen LogP contribution in [-0.4, -0.2) is 4.98 Å². The lowest BCUT2D eigenvalue weighted by Gasteiger charge is -1.98. The molecule has 0 aliphatic carbocycles. The van der Waals surface area contributed by atoms with E-state index < -0.39 is 0 Å². The van der Waals surface area contributed by atoms with Crippen molar-refractivity contribution in [1.29, 1.82) is 0 Å². The minimum Gasteiger partial charge on any atom is -0.321 e.